The molecular weight excluding hydrogens is 290 g/mol. The maximum absolute atomic E-state index is 10.8. The lowest BCUT2D eigenvalue weighted by atomic mass is 9.79. The van der Waals surface area contributed by atoms with Crippen LogP contribution in [0.3, 0.4) is 0 Å². The van der Waals surface area contributed by atoms with Crippen LogP contribution in [0.2, 0.25) is 0 Å². The summed E-state index contributed by atoms with van der Waals surface area (Å²) in [5, 5.41) is 10.8. The molecule has 2 aliphatic rings. The van der Waals surface area contributed by atoms with E-state index < -0.39 is 25.6 Å². The number of ether oxygens (including phenoxy) is 2. The van der Waals surface area contributed by atoms with E-state index in [1.54, 1.807) is 12.1 Å². The largest absolute Gasteiger partial charge is 0.493 e. The lowest BCUT2D eigenvalue weighted by Crippen LogP contribution is -2.48. The van der Waals surface area contributed by atoms with E-state index in [9.17, 15) is 5.11 Å². The van der Waals surface area contributed by atoms with Gasteiger partial charge in [0.05, 0.1) is 24.4 Å². The first kappa shape index (κ1) is 11.3. The van der Waals surface area contributed by atoms with Crippen molar-refractivity contribution in [3.8, 4) is 11.5 Å². The SMILES string of the molecule is [2H]C([2H])([2H])Oc1cc2c(cc1OC)C1CC(O)C(CC(C)C)C([2H])([2H])N1CC2. The molecule has 2 heterocycles. The molecule has 128 valence electrons. The normalized spacial score (nSPS) is 33.4. The fourth-order valence-corrected chi connectivity index (χ4v) is 3.77. The molecule has 1 saturated heterocycles. The summed E-state index contributed by atoms with van der Waals surface area (Å²) in [5.41, 5.74) is 1.78. The quantitative estimate of drug-likeness (QED) is 0.924. The molecule has 3 unspecified atom stereocenters. The summed E-state index contributed by atoms with van der Waals surface area (Å²) in [5.74, 6) is 0.316. The molecule has 0 amide bonds. The van der Waals surface area contributed by atoms with Crippen LogP contribution in [0, 0.1) is 11.8 Å². The molecule has 1 N–H and O–H groups in total. The molecular formula is C19H29NO3. The molecule has 23 heavy (non-hydrogen) atoms. The van der Waals surface area contributed by atoms with Gasteiger partial charge in [-0.2, -0.15) is 0 Å². The summed E-state index contributed by atoms with van der Waals surface area (Å²) >= 11 is 0. The molecule has 0 radical (unpaired) electrons. The van der Waals surface area contributed by atoms with Crippen molar-refractivity contribution in [3.63, 3.8) is 0 Å². The third kappa shape index (κ3) is 3.20. The Morgan fingerprint density at radius 2 is 2.17 bits per heavy atom. The molecule has 4 nitrogen and oxygen atoms in total. The van der Waals surface area contributed by atoms with Crippen molar-refractivity contribution < 1.29 is 21.4 Å². The number of nitrogens with zero attached hydrogens (tertiary/aromatic N) is 1. The smallest absolute Gasteiger partial charge is 0.161 e. The van der Waals surface area contributed by atoms with Crippen LogP contribution in [0.4, 0.5) is 0 Å². The lowest BCUT2D eigenvalue weighted by Gasteiger charge is -2.46. The fraction of sp³-hybridized carbons (Fsp3) is 0.684. The predicted molar refractivity (Wildman–Crippen MR) is 91.1 cm³/mol. The average molecular weight is 324 g/mol. The van der Waals surface area contributed by atoms with Gasteiger partial charge in [0.1, 0.15) is 0 Å². The van der Waals surface area contributed by atoms with Crippen molar-refractivity contribution in [2.45, 2.75) is 45.3 Å². The van der Waals surface area contributed by atoms with Gasteiger partial charge in [-0.15, -0.1) is 0 Å². The van der Waals surface area contributed by atoms with Crippen molar-refractivity contribution in [2.24, 2.45) is 11.8 Å². The second kappa shape index (κ2) is 6.70. The van der Waals surface area contributed by atoms with E-state index in [1.807, 2.05) is 18.7 Å². The van der Waals surface area contributed by atoms with Gasteiger partial charge in [-0.25, -0.2) is 0 Å². The van der Waals surface area contributed by atoms with Crippen LogP contribution in [0.25, 0.3) is 0 Å². The third-order valence-electron chi connectivity index (χ3n) is 4.88. The first-order chi connectivity index (χ1) is 12.9. The number of piperidine rings is 1. The monoisotopic (exact) mass is 324 g/mol. The minimum Gasteiger partial charge on any atom is -0.493 e. The summed E-state index contributed by atoms with van der Waals surface area (Å²) in [6.45, 7) is 2.96. The van der Waals surface area contributed by atoms with Crippen LogP contribution < -0.4 is 9.47 Å². The molecule has 4 heteroatoms. The van der Waals surface area contributed by atoms with E-state index in [2.05, 4.69) is 0 Å². The van der Waals surface area contributed by atoms with Crippen LogP contribution in [0.15, 0.2) is 12.1 Å². The predicted octanol–water partition coefficient (Wildman–Crippen LogP) is 3.03. The van der Waals surface area contributed by atoms with Crippen LogP contribution in [0.5, 0.6) is 11.5 Å². The van der Waals surface area contributed by atoms with Crippen LogP contribution in [-0.4, -0.2) is 43.3 Å². The maximum Gasteiger partial charge on any atom is 0.161 e. The van der Waals surface area contributed by atoms with E-state index in [4.69, 9.17) is 16.3 Å². The molecule has 0 aromatic heterocycles. The summed E-state index contributed by atoms with van der Waals surface area (Å²) in [6.07, 6.45) is 0.900. The molecule has 3 atom stereocenters. The first-order valence-electron chi connectivity index (χ1n) is 10.8. The minimum absolute atomic E-state index is 0.159. The van der Waals surface area contributed by atoms with Crippen molar-refractivity contribution in [3.05, 3.63) is 23.3 Å². The molecule has 1 aromatic rings. The molecule has 2 aliphatic heterocycles. The zero-order chi connectivity index (χ0) is 20.9. The van der Waals surface area contributed by atoms with E-state index >= 15 is 0 Å². The zero-order valence-corrected chi connectivity index (χ0v) is 14.0. The summed E-state index contributed by atoms with van der Waals surface area (Å²) in [4.78, 5) is 1.85. The van der Waals surface area contributed by atoms with Gasteiger partial charge in [-0.05, 0) is 54.4 Å². The van der Waals surface area contributed by atoms with Gasteiger partial charge in [-0.1, -0.05) is 13.8 Å². The van der Waals surface area contributed by atoms with Gasteiger partial charge in [0.2, 0.25) is 0 Å². The highest BCUT2D eigenvalue weighted by molar-refractivity contribution is 5.49. The Morgan fingerprint density at radius 3 is 2.87 bits per heavy atom. The molecule has 0 spiro atoms. The molecule has 3 rings (SSSR count). The molecule has 1 fully saturated rings. The molecule has 1 aromatic carbocycles. The summed E-state index contributed by atoms with van der Waals surface area (Å²) in [6, 6.07) is 3.13. The van der Waals surface area contributed by atoms with Crippen LogP contribution >= 0.6 is 0 Å². The van der Waals surface area contributed by atoms with E-state index in [0.717, 1.165) is 11.1 Å². The minimum atomic E-state index is -2.58. The molecule has 0 bridgehead atoms. The maximum atomic E-state index is 10.8. The van der Waals surface area contributed by atoms with Gasteiger partial charge >= 0.3 is 0 Å². The Kier molecular flexibility index (Phi) is 3.30. The van der Waals surface area contributed by atoms with Crippen molar-refractivity contribution in [2.75, 3.05) is 27.2 Å². The Balaban J connectivity index is 1.98. The number of benzene rings is 1. The number of rotatable bonds is 4. The number of aliphatic hydroxyl groups excluding tert-OH is 1. The Morgan fingerprint density at radius 1 is 1.39 bits per heavy atom. The van der Waals surface area contributed by atoms with E-state index in [1.165, 1.54) is 7.11 Å². The number of hydrogen-bond donors (Lipinski definition) is 1. The topological polar surface area (TPSA) is 41.9 Å². The zero-order valence-electron chi connectivity index (χ0n) is 19.0. The van der Waals surface area contributed by atoms with Gasteiger partial charge in [-0.3, -0.25) is 4.90 Å². The van der Waals surface area contributed by atoms with E-state index in [0.29, 0.717) is 37.5 Å². The van der Waals surface area contributed by atoms with Crippen molar-refractivity contribution >= 4 is 0 Å². The standard InChI is InChI=1S/C19H29NO3/c1-12(2)7-14-11-20-6-5-13-8-18(22-3)19(23-4)9-15(13)16(20)10-17(14)21/h8-9,12,14,16-17,21H,5-7,10-11H2,1-4H3/i3D3,11D2. The average Bonchev–Trinajstić information content (AvgIpc) is 2.56. The van der Waals surface area contributed by atoms with Gasteiger partial charge in [0.25, 0.3) is 0 Å². The Labute approximate surface area is 146 Å². The van der Waals surface area contributed by atoms with Gasteiger partial charge < -0.3 is 14.6 Å². The van der Waals surface area contributed by atoms with Crippen LogP contribution in [0.1, 0.15) is 50.7 Å². The second-order valence-electron chi connectivity index (χ2n) is 6.93. The van der Waals surface area contributed by atoms with Crippen molar-refractivity contribution in [1.29, 1.82) is 0 Å². The summed E-state index contributed by atoms with van der Waals surface area (Å²) in [7, 11) is -1.13. The second-order valence-corrected chi connectivity index (χ2v) is 6.93. The Bertz CT molecular complexity index is 722. The van der Waals surface area contributed by atoms with Gasteiger partial charge in [0.15, 0.2) is 11.5 Å². The van der Waals surface area contributed by atoms with Crippen molar-refractivity contribution in [1.82, 2.24) is 4.90 Å². The molecule has 0 saturated carbocycles. The Hall–Kier alpha value is -1.26. The first-order valence-corrected chi connectivity index (χ1v) is 8.28. The summed E-state index contributed by atoms with van der Waals surface area (Å²) < 4.78 is 49.9. The van der Waals surface area contributed by atoms with Gasteiger partial charge in [0, 0.05) is 21.8 Å². The highest BCUT2D eigenvalue weighted by Crippen LogP contribution is 2.43. The lowest BCUT2D eigenvalue weighted by molar-refractivity contribution is -0.0191. The van der Waals surface area contributed by atoms with Crippen LogP contribution in [-0.2, 0) is 6.42 Å². The fourth-order valence-electron chi connectivity index (χ4n) is 3.77. The highest BCUT2D eigenvalue weighted by atomic mass is 16.5. The number of fused-ring (bicyclic) bond motifs is 3. The molecule has 0 aliphatic carbocycles. The number of aliphatic hydroxyl groups is 1. The highest BCUT2D eigenvalue weighted by Gasteiger charge is 2.38. The third-order valence-corrected chi connectivity index (χ3v) is 4.88. The number of hydrogen-bond acceptors (Lipinski definition) is 4. The number of methoxy groups -OCH3 is 2. The van der Waals surface area contributed by atoms with E-state index in [-0.39, 0.29) is 11.8 Å².